The van der Waals surface area contributed by atoms with Gasteiger partial charge in [-0.25, -0.2) is 19.0 Å². The summed E-state index contributed by atoms with van der Waals surface area (Å²) in [6.45, 7) is 0. The van der Waals surface area contributed by atoms with Crippen molar-refractivity contribution in [3.05, 3.63) is 132 Å². The molecule has 0 aliphatic carbocycles. The summed E-state index contributed by atoms with van der Waals surface area (Å²) >= 11 is 6.13. The van der Waals surface area contributed by atoms with E-state index in [0.717, 1.165) is 16.1 Å². The van der Waals surface area contributed by atoms with E-state index in [2.05, 4.69) is 9.97 Å². The van der Waals surface area contributed by atoms with E-state index in [0.29, 0.717) is 44.2 Å². The molecule has 3 aromatic heterocycles. The fourth-order valence-electron chi connectivity index (χ4n) is 5.46. The number of hydrogen-bond donors (Lipinski definition) is 3. The van der Waals surface area contributed by atoms with Gasteiger partial charge in [-0.05, 0) is 30.3 Å². The summed E-state index contributed by atoms with van der Waals surface area (Å²) in [5, 5.41) is 20.9. The fourth-order valence-corrected chi connectivity index (χ4v) is 5.72. The number of nitrogens with zero attached hydrogens (tertiary/aromatic N) is 4. The summed E-state index contributed by atoms with van der Waals surface area (Å²) < 4.78 is 29.8. The molecule has 4 aromatic carbocycles. The molecule has 0 atom stereocenters. The number of nitro benzene ring substituents is 1. The van der Waals surface area contributed by atoms with Crippen LogP contribution in [-0.4, -0.2) is 34.8 Å². The zero-order valence-corrected chi connectivity index (χ0v) is 23.2. The number of nitrogens with one attached hydrogen (secondary N) is 1. The Morgan fingerprint density at radius 2 is 1.76 bits per heavy atom. The van der Waals surface area contributed by atoms with Crippen molar-refractivity contribution in [3.63, 3.8) is 0 Å². The predicted octanol–water partition coefficient (Wildman–Crippen LogP) is 4.29. The molecule has 7 aromatic rings. The third-order valence-electron chi connectivity index (χ3n) is 7.44. The van der Waals surface area contributed by atoms with Crippen LogP contribution in [0, 0.1) is 21.7 Å². The van der Waals surface area contributed by atoms with E-state index in [1.54, 1.807) is 30.3 Å². The van der Waals surface area contributed by atoms with Gasteiger partial charge in [0.2, 0.25) is 5.78 Å². The minimum absolute atomic E-state index is 0.0153. The lowest BCUT2D eigenvalue weighted by Gasteiger charge is -2.06. The van der Waals surface area contributed by atoms with E-state index >= 15 is 0 Å². The number of H-pyrrole nitrogens is 1. The first-order chi connectivity index (χ1) is 21.6. The zero-order valence-electron chi connectivity index (χ0n) is 22.4. The molecule has 1 aliphatic heterocycles. The van der Waals surface area contributed by atoms with Gasteiger partial charge in [-0.1, -0.05) is 17.7 Å². The maximum atomic E-state index is 14.0. The van der Waals surface area contributed by atoms with Gasteiger partial charge in [0.25, 0.3) is 16.8 Å². The molecule has 4 heterocycles. The van der Waals surface area contributed by atoms with Crippen molar-refractivity contribution in [1.82, 2.24) is 18.9 Å². The number of benzene rings is 4. The number of aromatic nitrogens is 4. The van der Waals surface area contributed by atoms with Gasteiger partial charge in [0.1, 0.15) is 22.7 Å². The highest BCUT2D eigenvalue weighted by molar-refractivity contribution is 6.35. The molecule has 0 saturated carbocycles. The van der Waals surface area contributed by atoms with Crippen molar-refractivity contribution in [3.8, 4) is 5.69 Å². The van der Waals surface area contributed by atoms with E-state index in [-0.39, 0.29) is 39.2 Å². The van der Waals surface area contributed by atoms with Crippen LogP contribution in [0.3, 0.4) is 0 Å². The number of ketones is 1. The second-order valence-electron chi connectivity index (χ2n) is 10.1. The molecule has 0 saturated heterocycles. The monoisotopic (exact) mass is 629 g/mol. The number of carbonyl (C=O) groups excluding carboxylic acids is 1. The van der Waals surface area contributed by atoms with Crippen molar-refractivity contribution < 1.29 is 29.2 Å². The van der Waals surface area contributed by atoms with Gasteiger partial charge in [-0.15, -0.1) is 0 Å². The van der Waals surface area contributed by atoms with E-state index in [1.807, 2.05) is 0 Å². The van der Waals surface area contributed by atoms with Crippen molar-refractivity contribution >= 4 is 67.1 Å². The average Bonchev–Trinajstić information content (AvgIpc) is 3.51. The Hall–Kier alpha value is -5.83. The van der Waals surface area contributed by atoms with Crippen LogP contribution in [0.15, 0.2) is 82.4 Å². The first kappa shape index (κ1) is 28.0. The molecule has 0 spiro atoms. The maximum absolute atomic E-state index is 14.0. The minimum Gasteiger partial charge on any atom is -0.341 e. The maximum Gasteiger partial charge on any atom is 0.270 e. The largest absolute Gasteiger partial charge is 0.341 e. The van der Waals surface area contributed by atoms with Crippen molar-refractivity contribution in [2.24, 2.45) is 0 Å². The summed E-state index contributed by atoms with van der Waals surface area (Å²) in [6, 6.07) is 17.1. The van der Waals surface area contributed by atoms with Crippen LogP contribution in [0.5, 0.6) is 0 Å². The lowest BCUT2D eigenvalue weighted by Crippen LogP contribution is -2.73. The second kappa shape index (κ2) is 10.1. The summed E-state index contributed by atoms with van der Waals surface area (Å²) in [6.07, 6.45) is 0. The highest BCUT2D eigenvalue weighted by Gasteiger charge is 2.32. The topological polar surface area (TPSA) is 169 Å². The Morgan fingerprint density at radius 3 is 2.51 bits per heavy atom. The van der Waals surface area contributed by atoms with Crippen LogP contribution in [0.1, 0.15) is 16.2 Å². The average molecular weight is 630 g/mol. The van der Waals surface area contributed by atoms with E-state index in [9.17, 15) is 33.3 Å². The molecule has 0 radical (unpaired) electrons. The molecule has 15 heteroatoms. The van der Waals surface area contributed by atoms with E-state index < -0.39 is 27.9 Å². The van der Waals surface area contributed by atoms with Crippen LogP contribution in [-0.2, 0) is 0 Å². The fraction of sp³-hybridized carbons (Fsp3) is 0. The Balaban J connectivity index is 0.000000145. The summed E-state index contributed by atoms with van der Waals surface area (Å²) in [7, 11) is 0. The smallest absolute Gasteiger partial charge is 0.270 e. The van der Waals surface area contributed by atoms with Crippen LogP contribution in [0.25, 0.3) is 44.0 Å². The molecule has 8 rings (SSSR count). The summed E-state index contributed by atoms with van der Waals surface area (Å²) in [5.41, 5.74) is 2.13. The minimum atomic E-state index is -1.03. The standard InChI is InChI=1S/C15H8ClN3O3.C15H7F2N3O3/c16-10-2-1-3-11-14(10)15(20)18-12-5-4-9(19(21)22)6-8(12)7-13(18)17-11;16-6-3-9(17)12-10(4-6)18-14-13(21)8-5-7(19-23)1-2-11(8)20(14)15(12)22/h1-7,17H;1-5,19,23H/p+1. The molecular formula is C30H16ClF2N6O6+. The number of carbonyl (C=O) groups is 1. The quantitative estimate of drug-likeness (QED) is 0.146. The van der Waals surface area contributed by atoms with Gasteiger partial charge in [0, 0.05) is 41.8 Å². The Morgan fingerprint density at radius 1 is 0.956 bits per heavy atom. The van der Waals surface area contributed by atoms with Crippen LogP contribution < -0.4 is 16.6 Å². The lowest BCUT2D eigenvalue weighted by molar-refractivity contribution is -0.825. The predicted molar refractivity (Wildman–Crippen MR) is 159 cm³/mol. The first-order valence-electron chi connectivity index (χ1n) is 13.1. The van der Waals surface area contributed by atoms with Crippen molar-refractivity contribution in [2.75, 3.05) is 0 Å². The number of fused-ring (bicyclic) bond motifs is 8. The Labute approximate surface area is 252 Å². The number of non-ortho nitro benzene ring substituents is 1. The van der Waals surface area contributed by atoms with E-state index in [4.69, 9.17) is 16.8 Å². The second-order valence-corrected chi connectivity index (χ2v) is 10.5. The third-order valence-corrected chi connectivity index (χ3v) is 7.75. The van der Waals surface area contributed by atoms with Gasteiger partial charge in [-0.3, -0.25) is 33.5 Å². The van der Waals surface area contributed by atoms with Gasteiger partial charge >= 0.3 is 0 Å². The first-order valence-corrected chi connectivity index (χ1v) is 13.4. The van der Waals surface area contributed by atoms with Crippen LogP contribution in [0.2, 0.25) is 5.02 Å². The highest BCUT2D eigenvalue weighted by atomic mass is 35.5. The van der Waals surface area contributed by atoms with Gasteiger partial charge in [-0.2, -0.15) is 5.48 Å². The SMILES string of the molecule is O=C1c2cc([NH2+]O)ccc2-n2c1nc1cc(F)cc(F)c1c2=O.O=c1c2c(Cl)cccc2[nH]c2cc3cc([N+](=O)[O-])ccc3n12. The molecule has 0 fully saturated rings. The number of rotatable bonds is 2. The molecule has 45 heavy (non-hydrogen) atoms. The molecule has 4 N–H and O–H groups in total. The molecule has 1 aliphatic rings. The molecular weight excluding hydrogens is 614 g/mol. The van der Waals surface area contributed by atoms with Crippen molar-refractivity contribution in [1.29, 1.82) is 0 Å². The van der Waals surface area contributed by atoms with Crippen molar-refractivity contribution in [2.45, 2.75) is 0 Å². The number of nitro groups is 1. The Kier molecular flexibility index (Phi) is 6.29. The number of nitrogens with two attached hydrogens (primary N) is 1. The number of aromatic amines is 1. The number of halogens is 3. The highest BCUT2D eigenvalue weighted by Crippen LogP contribution is 2.29. The normalized spacial score (nSPS) is 12.0. The molecule has 0 amide bonds. The Bertz CT molecular complexity index is 2580. The third kappa shape index (κ3) is 4.27. The van der Waals surface area contributed by atoms with E-state index in [1.165, 1.54) is 34.7 Å². The number of quaternary nitrogens is 1. The molecule has 222 valence electrons. The molecule has 0 unspecified atom stereocenters. The van der Waals surface area contributed by atoms with Gasteiger partial charge in [0.05, 0.1) is 43.1 Å². The molecule has 12 nitrogen and oxygen atoms in total. The molecule has 0 bridgehead atoms. The summed E-state index contributed by atoms with van der Waals surface area (Å²) in [4.78, 5) is 55.2. The van der Waals surface area contributed by atoms with Gasteiger partial charge in [0.15, 0.2) is 11.5 Å². The number of hydrogen-bond acceptors (Lipinski definition) is 7. The van der Waals surface area contributed by atoms with Gasteiger partial charge < -0.3 is 4.98 Å². The summed E-state index contributed by atoms with van der Waals surface area (Å²) in [5.74, 6) is -2.68. The lowest BCUT2D eigenvalue weighted by atomic mass is 10.1. The van der Waals surface area contributed by atoms with Crippen LogP contribution >= 0.6 is 11.6 Å². The van der Waals surface area contributed by atoms with Crippen LogP contribution in [0.4, 0.5) is 20.2 Å². The zero-order chi connectivity index (χ0) is 31.7.